The second kappa shape index (κ2) is 5.32. The largest absolute Gasteiger partial charge is 0.393 e. The normalized spacial score (nSPS) is 25.6. The predicted molar refractivity (Wildman–Crippen MR) is 63.2 cm³/mol. The van der Waals surface area contributed by atoms with Gasteiger partial charge >= 0.3 is 0 Å². The van der Waals surface area contributed by atoms with Crippen LogP contribution in [-0.4, -0.2) is 11.2 Å². The lowest BCUT2D eigenvalue weighted by atomic mass is 9.90. The van der Waals surface area contributed by atoms with Crippen LogP contribution in [0.15, 0.2) is 12.1 Å². The molecule has 1 fully saturated rings. The highest BCUT2D eigenvalue weighted by atomic mass is 35.5. The third-order valence-electron chi connectivity index (χ3n) is 3.38. The highest BCUT2D eigenvalue weighted by molar-refractivity contribution is 6.31. The molecule has 17 heavy (non-hydrogen) atoms. The molecule has 94 valence electrons. The number of aliphatic hydroxyl groups is 1. The molecule has 1 aromatic rings. The summed E-state index contributed by atoms with van der Waals surface area (Å²) >= 11 is 5.95. The Balaban J connectivity index is 2.34. The van der Waals surface area contributed by atoms with E-state index in [-0.39, 0.29) is 16.5 Å². The van der Waals surface area contributed by atoms with Crippen LogP contribution in [0.5, 0.6) is 0 Å². The van der Waals surface area contributed by atoms with Crippen molar-refractivity contribution < 1.29 is 13.9 Å². The van der Waals surface area contributed by atoms with Crippen molar-refractivity contribution >= 4 is 11.6 Å². The minimum Gasteiger partial charge on any atom is -0.393 e. The number of aliphatic hydroxyl groups excluding tert-OH is 1. The summed E-state index contributed by atoms with van der Waals surface area (Å²) in [5, 5.41) is 9.97. The number of hydrogen-bond donors (Lipinski definition) is 1. The maximum atomic E-state index is 13.8. The number of halogens is 3. The van der Waals surface area contributed by atoms with E-state index in [0.717, 1.165) is 31.7 Å². The summed E-state index contributed by atoms with van der Waals surface area (Å²) in [6.07, 6.45) is 3.32. The van der Waals surface area contributed by atoms with Crippen molar-refractivity contribution in [1.82, 2.24) is 0 Å². The van der Waals surface area contributed by atoms with Crippen LogP contribution in [0.3, 0.4) is 0 Å². The molecule has 2 unspecified atom stereocenters. The lowest BCUT2D eigenvalue weighted by molar-refractivity contribution is 0.151. The van der Waals surface area contributed by atoms with Crippen molar-refractivity contribution in [3.63, 3.8) is 0 Å². The highest BCUT2D eigenvalue weighted by Crippen LogP contribution is 2.37. The molecule has 1 saturated carbocycles. The molecule has 0 aromatic heterocycles. The smallest absolute Gasteiger partial charge is 0.163 e. The van der Waals surface area contributed by atoms with E-state index in [1.165, 1.54) is 6.07 Å². The average molecular weight is 261 g/mol. The van der Waals surface area contributed by atoms with Crippen molar-refractivity contribution in [2.45, 2.75) is 44.1 Å². The third kappa shape index (κ3) is 2.78. The fourth-order valence-corrected chi connectivity index (χ4v) is 2.81. The molecule has 1 aromatic carbocycles. The lowest BCUT2D eigenvalue weighted by Gasteiger charge is -2.19. The minimum absolute atomic E-state index is 0.185. The van der Waals surface area contributed by atoms with Gasteiger partial charge in [0.1, 0.15) is 0 Å². The van der Waals surface area contributed by atoms with Gasteiger partial charge in [-0.3, -0.25) is 0 Å². The summed E-state index contributed by atoms with van der Waals surface area (Å²) in [5.74, 6) is -1.92. The Hall–Kier alpha value is -0.670. The molecular formula is C13H15ClF2O. The molecule has 0 radical (unpaired) electrons. The first-order valence-corrected chi connectivity index (χ1v) is 6.29. The zero-order valence-corrected chi connectivity index (χ0v) is 10.2. The zero-order valence-electron chi connectivity index (χ0n) is 9.43. The standard InChI is InChI=1S/C13H15ClF2O/c14-10-5-6-11(15)13(16)12(10)8-3-1-2-4-9(17)7-8/h5-6,8-9,17H,1-4,7H2. The molecule has 1 nitrogen and oxygen atoms in total. The Morgan fingerprint density at radius 3 is 2.65 bits per heavy atom. The van der Waals surface area contributed by atoms with Gasteiger partial charge in [0.25, 0.3) is 0 Å². The quantitative estimate of drug-likeness (QED) is 0.597. The molecule has 2 rings (SSSR count). The van der Waals surface area contributed by atoms with Crippen LogP contribution in [0.2, 0.25) is 5.02 Å². The van der Waals surface area contributed by atoms with Crippen LogP contribution >= 0.6 is 11.6 Å². The van der Waals surface area contributed by atoms with Crippen molar-refractivity contribution in [3.05, 3.63) is 34.4 Å². The monoisotopic (exact) mass is 260 g/mol. The molecule has 1 N–H and O–H groups in total. The van der Waals surface area contributed by atoms with E-state index in [2.05, 4.69) is 0 Å². The summed E-state index contributed by atoms with van der Waals surface area (Å²) in [4.78, 5) is 0. The number of benzene rings is 1. The van der Waals surface area contributed by atoms with E-state index < -0.39 is 17.7 Å². The van der Waals surface area contributed by atoms with Gasteiger partial charge in [-0.05, 0) is 37.3 Å². The summed E-state index contributed by atoms with van der Waals surface area (Å²) in [7, 11) is 0. The fraction of sp³-hybridized carbons (Fsp3) is 0.538. The summed E-state index contributed by atoms with van der Waals surface area (Å²) in [5.41, 5.74) is 0.229. The third-order valence-corrected chi connectivity index (χ3v) is 3.71. The molecule has 0 heterocycles. The lowest BCUT2D eigenvalue weighted by Crippen LogP contribution is -2.11. The van der Waals surface area contributed by atoms with Crippen LogP contribution in [0.1, 0.15) is 43.6 Å². The predicted octanol–water partition coefficient (Wildman–Crippen LogP) is 4.03. The van der Waals surface area contributed by atoms with Gasteiger partial charge in [-0.15, -0.1) is 0 Å². The van der Waals surface area contributed by atoms with Crippen LogP contribution < -0.4 is 0 Å². The summed E-state index contributed by atoms with van der Waals surface area (Å²) in [6.45, 7) is 0. The first-order chi connectivity index (χ1) is 8.09. The Kier molecular flexibility index (Phi) is 4.00. The van der Waals surface area contributed by atoms with Crippen molar-refractivity contribution in [3.8, 4) is 0 Å². The second-order valence-electron chi connectivity index (χ2n) is 4.63. The van der Waals surface area contributed by atoms with E-state index in [4.69, 9.17) is 11.6 Å². The molecule has 0 spiro atoms. The Morgan fingerprint density at radius 2 is 1.88 bits per heavy atom. The topological polar surface area (TPSA) is 20.2 Å². The van der Waals surface area contributed by atoms with E-state index in [1.54, 1.807) is 0 Å². The maximum absolute atomic E-state index is 13.8. The van der Waals surface area contributed by atoms with E-state index in [0.29, 0.717) is 6.42 Å². The van der Waals surface area contributed by atoms with Gasteiger partial charge in [0.05, 0.1) is 6.10 Å². The molecule has 0 aliphatic heterocycles. The summed E-state index contributed by atoms with van der Waals surface area (Å²) in [6, 6.07) is 2.42. The SMILES string of the molecule is OC1CCCCC(c2c(Cl)ccc(F)c2F)C1. The second-order valence-corrected chi connectivity index (χ2v) is 5.03. The molecule has 0 bridgehead atoms. The Morgan fingerprint density at radius 1 is 1.18 bits per heavy atom. The van der Waals surface area contributed by atoms with Gasteiger partial charge in [0.2, 0.25) is 0 Å². The van der Waals surface area contributed by atoms with Gasteiger partial charge in [-0.2, -0.15) is 0 Å². The molecule has 2 atom stereocenters. The number of hydrogen-bond acceptors (Lipinski definition) is 1. The average Bonchev–Trinajstić information content (AvgIpc) is 2.49. The molecule has 0 amide bonds. The van der Waals surface area contributed by atoms with Crippen molar-refractivity contribution in [2.75, 3.05) is 0 Å². The van der Waals surface area contributed by atoms with E-state index in [1.807, 2.05) is 0 Å². The zero-order chi connectivity index (χ0) is 12.4. The molecular weight excluding hydrogens is 246 g/mol. The van der Waals surface area contributed by atoms with Gasteiger partial charge in [-0.25, -0.2) is 8.78 Å². The van der Waals surface area contributed by atoms with Crippen LogP contribution in [0.25, 0.3) is 0 Å². The fourth-order valence-electron chi connectivity index (χ4n) is 2.51. The van der Waals surface area contributed by atoms with Crippen LogP contribution in [0, 0.1) is 11.6 Å². The molecule has 1 aliphatic carbocycles. The molecule has 1 aliphatic rings. The molecule has 4 heteroatoms. The van der Waals surface area contributed by atoms with Gasteiger partial charge in [-0.1, -0.05) is 24.4 Å². The summed E-state index contributed by atoms with van der Waals surface area (Å²) < 4.78 is 27.0. The van der Waals surface area contributed by atoms with Crippen LogP contribution in [-0.2, 0) is 0 Å². The van der Waals surface area contributed by atoms with Gasteiger partial charge < -0.3 is 5.11 Å². The number of rotatable bonds is 1. The molecule has 0 saturated heterocycles. The maximum Gasteiger partial charge on any atom is 0.163 e. The van der Waals surface area contributed by atoms with Crippen molar-refractivity contribution in [2.24, 2.45) is 0 Å². The highest BCUT2D eigenvalue weighted by Gasteiger charge is 2.25. The van der Waals surface area contributed by atoms with Gasteiger partial charge in [0.15, 0.2) is 11.6 Å². The van der Waals surface area contributed by atoms with Crippen LogP contribution in [0.4, 0.5) is 8.78 Å². The Bertz CT molecular complexity index is 409. The van der Waals surface area contributed by atoms with Crippen molar-refractivity contribution in [1.29, 1.82) is 0 Å². The first-order valence-electron chi connectivity index (χ1n) is 5.91. The first kappa shape index (κ1) is 12.8. The van der Waals surface area contributed by atoms with Gasteiger partial charge in [0, 0.05) is 10.6 Å². The van der Waals surface area contributed by atoms with E-state index in [9.17, 15) is 13.9 Å². The minimum atomic E-state index is -0.872. The Labute approximate surface area is 104 Å². The van der Waals surface area contributed by atoms with E-state index >= 15 is 0 Å².